The highest BCUT2D eigenvalue weighted by atomic mass is 16.5. The van der Waals surface area contributed by atoms with Gasteiger partial charge in [0.15, 0.2) is 5.78 Å². The molecule has 6 heteroatoms. The minimum atomic E-state index is -0.853. The van der Waals surface area contributed by atoms with E-state index in [4.69, 9.17) is 9.84 Å². The van der Waals surface area contributed by atoms with Crippen molar-refractivity contribution in [3.8, 4) is 0 Å². The number of hydrogen-bond donors (Lipinski definition) is 2. The van der Waals surface area contributed by atoms with Gasteiger partial charge in [-0.3, -0.25) is 14.4 Å². The minimum Gasteiger partial charge on any atom is -0.463 e. The molecular formula is C29H37NO5. The predicted octanol–water partition coefficient (Wildman–Crippen LogP) is 5.08. The van der Waals surface area contributed by atoms with Gasteiger partial charge in [-0.25, -0.2) is 0 Å². The lowest BCUT2D eigenvalue weighted by Gasteiger charge is -2.38. The zero-order chi connectivity index (χ0) is 25.9. The number of anilines is 1. The summed E-state index contributed by atoms with van der Waals surface area (Å²) in [6.45, 7) is 9.51. The first-order valence-corrected chi connectivity index (χ1v) is 12.2. The van der Waals surface area contributed by atoms with Gasteiger partial charge in [-0.1, -0.05) is 64.1 Å². The van der Waals surface area contributed by atoms with Gasteiger partial charge >= 0.3 is 5.97 Å². The van der Waals surface area contributed by atoms with Crippen LogP contribution in [0.1, 0.15) is 75.4 Å². The molecule has 35 heavy (non-hydrogen) atoms. The second-order valence-electron chi connectivity index (χ2n) is 11.2. The van der Waals surface area contributed by atoms with Crippen molar-refractivity contribution in [1.29, 1.82) is 0 Å². The van der Waals surface area contributed by atoms with Gasteiger partial charge < -0.3 is 15.2 Å². The monoisotopic (exact) mass is 479 g/mol. The summed E-state index contributed by atoms with van der Waals surface area (Å²) in [5.74, 6) is -0.446. The number of aliphatic hydroxyl groups is 1. The van der Waals surface area contributed by atoms with E-state index in [1.165, 1.54) is 0 Å². The van der Waals surface area contributed by atoms with E-state index >= 15 is 0 Å². The molecule has 2 N–H and O–H groups in total. The van der Waals surface area contributed by atoms with Gasteiger partial charge in [0.1, 0.15) is 6.61 Å². The normalized spacial score (nSPS) is 15.0. The van der Waals surface area contributed by atoms with Gasteiger partial charge in [-0.2, -0.15) is 0 Å². The highest BCUT2D eigenvalue weighted by Crippen LogP contribution is 2.43. The fourth-order valence-electron chi connectivity index (χ4n) is 4.77. The van der Waals surface area contributed by atoms with E-state index in [9.17, 15) is 14.4 Å². The number of ketones is 1. The maximum atomic E-state index is 13.2. The molecule has 0 heterocycles. The quantitative estimate of drug-likeness (QED) is 0.439. The number of benzene rings is 2. The molecule has 0 radical (unpaired) electrons. The molecule has 0 aromatic heterocycles. The zero-order valence-electron chi connectivity index (χ0n) is 21.4. The summed E-state index contributed by atoms with van der Waals surface area (Å²) < 4.78 is 5.38. The molecule has 0 fully saturated rings. The fraction of sp³-hybridized carbons (Fsp3) is 0.483. The lowest BCUT2D eigenvalue weighted by atomic mass is 9.67. The zero-order valence-corrected chi connectivity index (χ0v) is 21.4. The first-order chi connectivity index (χ1) is 16.4. The molecule has 2 aromatic carbocycles. The molecule has 0 spiro atoms. The largest absolute Gasteiger partial charge is 0.463 e. The van der Waals surface area contributed by atoms with E-state index in [0.29, 0.717) is 36.9 Å². The Bertz CT molecular complexity index is 1090. The number of esters is 1. The van der Waals surface area contributed by atoms with Crippen molar-refractivity contribution in [2.24, 2.45) is 10.8 Å². The number of carbonyl (C=O) groups excluding carboxylic acids is 3. The van der Waals surface area contributed by atoms with E-state index in [2.05, 4.69) is 31.3 Å². The lowest BCUT2D eigenvalue weighted by molar-refractivity contribution is -0.158. The molecule has 3 rings (SSSR count). The maximum absolute atomic E-state index is 13.2. The third-order valence-corrected chi connectivity index (χ3v) is 7.14. The van der Waals surface area contributed by atoms with E-state index < -0.39 is 10.8 Å². The first kappa shape index (κ1) is 26.6. The Kier molecular flexibility index (Phi) is 7.85. The summed E-state index contributed by atoms with van der Waals surface area (Å²) in [5, 5.41) is 12.1. The number of rotatable bonds is 11. The molecule has 0 aliphatic heterocycles. The summed E-state index contributed by atoms with van der Waals surface area (Å²) in [7, 11) is 0. The molecule has 1 aliphatic carbocycles. The van der Waals surface area contributed by atoms with Gasteiger partial charge in [-0.05, 0) is 54.9 Å². The average Bonchev–Trinajstić information content (AvgIpc) is 2.82. The molecule has 1 aliphatic rings. The van der Waals surface area contributed by atoms with Crippen LogP contribution < -0.4 is 5.32 Å². The molecule has 0 saturated heterocycles. The minimum absolute atomic E-state index is 0.0544. The number of fused-ring (bicyclic) bond motifs is 1. The summed E-state index contributed by atoms with van der Waals surface area (Å²) in [6.07, 6.45) is 1.88. The number of carbonyl (C=O) groups is 3. The molecule has 0 saturated carbocycles. The van der Waals surface area contributed by atoms with Crippen molar-refractivity contribution in [1.82, 2.24) is 0 Å². The number of hydrogen-bond acceptors (Lipinski definition) is 5. The van der Waals surface area contributed by atoms with Crippen LogP contribution in [0.5, 0.6) is 0 Å². The Morgan fingerprint density at radius 3 is 2.31 bits per heavy atom. The van der Waals surface area contributed by atoms with Crippen LogP contribution in [-0.2, 0) is 26.2 Å². The van der Waals surface area contributed by atoms with Gasteiger partial charge in [0.2, 0.25) is 5.91 Å². The van der Waals surface area contributed by atoms with Crippen molar-refractivity contribution in [2.75, 3.05) is 18.5 Å². The van der Waals surface area contributed by atoms with Crippen LogP contribution in [0.15, 0.2) is 48.5 Å². The predicted molar refractivity (Wildman–Crippen MR) is 136 cm³/mol. The van der Waals surface area contributed by atoms with Crippen LogP contribution >= 0.6 is 0 Å². The average molecular weight is 480 g/mol. The molecular weight excluding hydrogens is 442 g/mol. The van der Waals surface area contributed by atoms with Gasteiger partial charge in [-0.15, -0.1) is 0 Å². The Balaban J connectivity index is 1.74. The number of Topliss-reactive ketones (excluding diaryl/α,β-unsaturated/α-hetero) is 1. The fourth-order valence-corrected chi connectivity index (χ4v) is 4.77. The van der Waals surface area contributed by atoms with Gasteiger partial charge in [0, 0.05) is 23.1 Å². The third kappa shape index (κ3) is 6.17. The molecule has 1 amide bonds. The highest BCUT2D eigenvalue weighted by Gasteiger charge is 2.42. The summed E-state index contributed by atoms with van der Waals surface area (Å²) >= 11 is 0. The Hall–Kier alpha value is -2.99. The third-order valence-electron chi connectivity index (χ3n) is 7.14. The summed E-state index contributed by atoms with van der Waals surface area (Å²) in [4.78, 5) is 38.1. The van der Waals surface area contributed by atoms with Crippen molar-refractivity contribution in [3.63, 3.8) is 0 Å². The standard InChI is InChI=1S/C29H37NO5/c1-27(2,25(33)30-22-12-11-20-17-24(32)23(20)18-22)13-14-29(5,26(34)35-16-15-31)19-28(3,4)21-9-7-6-8-10-21/h6-12,18,31H,13-17,19H2,1-5H3,(H,30,33). The molecule has 6 nitrogen and oxygen atoms in total. The van der Waals surface area contributed by atoms with Crippen molar-refractivity contribution in [2.45, 2.75) is 65.7 Å². The lowest BCUT2D eigenvalue weighted by Crippen LogP contribution is -2.39. The van der Waals surface area contributed by atoms with Crippen molar-refractivity contribution < 1.29 is 24.2 Å². The SMILES string of the molecule is CC(C)(CCC(C)(CC(C)(C)c1ccccc1)C(=O)OCCO)C(=O)Nc1ccc2c(c1)C(=O)C2. The van der Waals surface area contributed by atoms with E-state index in [-0.39, 0.29) is 36.3 Å². The number of aliphatic hydroxyl groups excluding tert-OH is 1. The Morgan fingerprint density at radius 1 is 1.00 bits per heavy atom. The second-order valence-corrected chi connectivity index (χ2v) is 11.2. The first-order valence-electron chi connectivity index (χ1n) is 12.2. The van der Waals surface area contributed by atoms with Crippen LogP contribution in [0, 0.1) is 10.8 Å². The maximum Gasteiger partial charge on any atom is 0.311 e. The van der Waals surface area contributed by atoms with Crippen LogP contribution in [0.25, 0.3) is 0 Å². The van der Waals surface area contributed by atoms with E-state index in [0.717, 1.165) is 11.1 Å². The molecule has 1 atom stereocenters. The van der Waals surface area contributed by atoms with Crippen LogP contribution in [0.4, 0.5) is 5.69 Å². The van der Waals surface area contributed by atoms with E-state index in [1.807, 2.05) is 51.1 Å². The van der Waals surface area contributed by atoms with Crippen LogP contribution in [-0.4, -0.2) is 36.0 Å². The van der Waals surface area contributed by atoms with Crippen LogP contribution in [0.3, 0.4) is 0 Å². The second kappa shape index (κ2) is 10.3. The number of ether oxygens (including phenoxy) is 1. The van der Waals surface area contributed by atoms with Crippen molar-refractivity contribution >= 4 is 23.3 Å². The summed E-state index contributed by atoms with van der Waals surface area (Å²) in [6, 6.07) is 15.5. The molecule has 0 bridgehead atoms. The molecule has 1 unspecified atom stereocenters. The van der Waals surface area contributed by atoms with Gasteiger partial charge in [0.05, 0.1) is 12.0 Å². The molecule has 2 aromatic rings. The Morgan fingerprint density at radius 2 is 1.69 bits per heavy atom. The number of amides is 1. The van der Waals surface area contributed by atoms with Gasteiger partial charge in [0.25, 0.3) is 0 Å². The molecule has 188 valence electrons. The van der Waals surface area contributed by atoms with Crippen LogP contribution in [0.2, 0.25) is 0 Å². The smallest absolute Gasteiger partial charge is 0.311 e. The Labute approximate surface area is 208 Å². The summed E-state index contributed by atoms with van der Waals surface area (Å²) in [5.41, 5.74) is 1.47. The van der Waals surface area contributed by atoms with Crippen molar-refractivity contribution in [3.05, 3.63) is 65.2 Å². The number of nitrogens with one attached hydrogen (secondary N) is 1. The topological polar surface area (TPSA) is 92.7 Å². The van der Waals surface area contributed by atoms with E-state index in [1.54, 1.807) is 6.07 Å². The highest BCUT2D eigenvalue weighted by molar-refractivity contribution is 6.08.